The lowest BCUT2D eigenvalue weighted by Gasteiger charge is -2.38. The lowest BCUT2D eigenvalue weighted by molar-refractivity contribution is -0.132. The van der Waals surface area contributed by atoms with E-state index in [-0.39, 0.29) is 47.8 Å². The molecule has 232 valence electrons. The lowest BCUT2D eigenvalue weighted by Crippen LogP contribution is -2.50. The zero-order valence-electron chi connectivity index (χ0n) is 26.1. The summed E-state index contributed by atoms with van der Waals surface area (Å²) in [6, 6.07) is 7.73. The van der Waals surface area contributed by atoms with Gasteiger partial charge < -0.3 is 14.4 Å². The van der Waals surface area contributed by atoms with Crippen molar-refractivity contribution in [2.45, 2.75) is 66.8 Å². The summed E-state index contributed by atoms with van der Waals surface area (Å²) in [7, 11) is -0.715. The zero-order valence-corrected chi connectivity index (χ0v) is 27.7. The molecule has 2 unspecified atom stereocenters. The van der Waals surface area contributed by atoms with E-state index in [1.54, 1.807) is 30.5 Å². The number of fused-ring (bicyclic) bond motifs is 2. The third-order valence-electron chi connectivity index (χ3n) is 9.62. The number of hydrogen-bond donors (Lipinski definition) is 0. The largest absolute Gasteiger partial charge is 0.493 e. The predicted octanol–water partition coefficient (Wildman–Crippen LogP) is 5.33. The van der Waals surface area contributed by atoms with Crippen LogP contribution < -0.4 is 9.47 Å². The summed E-state index contributed by atoms with van der Waals surface area (Å²) in [6.07, 6.45) is 2.50. The number of thiophene rings is 1. The van der Waals surface area contributed by atoms with Crippen LogP contribution in [-0.2, 0) is 32.6 Å². The number of carbonyl (C=O) groups is 2. The Morgan fingerprint density at radius 3 is 2.40 bits per heavy atom. The third-order valence-corrected chi connectivity index (χ3v) is 12.5. The van der Waals surface area contributed by atoms with Crippen LogP contribution in [0.4, 0.5) is 0 Å². The molecule has 10 heteroatoms. The number of amides is 1. The molecular formula is C32H46N2O6S2. The summed E-state index contributed by atoms with van der Waals surface area (Å²) in [5.41, 5.74) is 0.840. The van der Waals surface area contributed by atoms with Gasteiger partial charge in [0.2, 0.25) is 15.9 Å². The first-order chi connectivity index (χ1) is 19.7. The number of ketones is 1. The number of carbonyl (C=O) groups excluding carboxylic acids is 2. The molecule has 8 nitrogen and oxygen atoms in total. The molecule has 1 amide bonds. The molecule has 2 saturated carbocycles. The fourth-order valence-electron chi connectivity index (χ4n) is 6.78. The van der Waals surface area contributed by atoms with Gasteiger partial charge in [-0.15, -0.1) is 11.3 Å². The number of methoxy groups -OCH3 is 2. The Morgan fingerprint density at radius 1 is 1.14 bits per heavy atom. The summed E-state index contributed by atoms with van der Waals surface area (Å²) in [6.45, 7) is 10.8. The highest BCUT2D eigenvalue weighted by Gasteiger charge is 2.65. The Balaban J connectivity index is 1.57. The molecule has 0 aliphatic heterocycles. The van der Waals surface area contributed by atoms with E-state index in [0.29, 0.717) is 43.9 Å². The van der Waals surface area contributed by atoms with E-state index in [4.69, 9.17) is 9.47 Å². The molecule has 0 radical (unpaired) electrons. The van der Waals surface area contributed by atoms with E-state index >= 15 is 0 Å². The highest BCUT2D eigenvalue weighted by molar-refractivity contribution is 7.89. The number of aryl methyl sites for hydroxylation is 1. The van der Waals surface area contributed by atoms with Gasteiger partial charge in [0.15, 0.2) is 11.5 Å². The molecule has 1 aromatic carbocycles. The van der Waals surface area contributed by atoms with Crippen LogP contribution in [0.2, 0.25) is 0 Å². The fraction of sp³-hybridized carbons (Fsp3) is 0.625. The molecule has 2 atom stereocenters. The van der Waals surface area contributed by atoms with Crippen molar-refractivity contribution in [3.63, 3.8) is 0 Å². The molecule has 42 heavy (non-hydrogen) atoms. The molecular weight excluding hydrogens is 572 g/mol. The number of nitrogens with zero attached hydrogens (tertiary/aromatic N) is 2. The summed E-state index contributed by atoms with van der Waals surface area (Å²) < 4.78 is 40.3. The van der Waals surface area contributed by atoms with Crippen LogP contribution in [0.5, 0.6) is 11.5 Å². The number of benzene rings is 1. The van der Waals surface area contributed by atoms with Crippen LogP contribution in [0.25, 0.3) is 0 Å². The SMILES string of the molecule is COc1ccc(CCN(Cc2sccc2C)C(=O)CN(CC(C)C)S(=O)(=O)CC23CCC(CC2=O)C3(C)C)cc1OC. The Labute approximate surface area is 255 Å². The quantitative estimate of drug-likeness (QED) is 0.284. The van der Waals surface area contributed by atoms with Gasteiger partial charge in [0.25, 0.3) is 0 Å². The first kappa shape index (κ1) is 32.5. The maximum absolute atomic E-state index is 14.1. The van der Waals surface area contributed by atoms with Crippen LogP contribution in [0.15, 0.2) is 29.6 Å². The predicted molar refractivity (Wildman–Crippen MR) is 166 cm³/mol. The zero-order chi connectivity index (χ0) is 30.9. The molecule has 2 aromatic rings. The van der Waals surface area contributed by atoms with Gasteiger partial charge in [-0.1, -0.05) is 33.8 Å². The molecule has 1 heterocycles. The second-order valence-electron chi connectivity index (χ2n) is 12.9. The number of sulfonamides is 1. The van der Waals surface area contributed by atoms with Crippen LogP contribution >= 0.6 is 11.3 Å². The standard InChI is InChI=1S/C32H46N2O6S2/c1-22(2)18-34(42(37,38)21-32-13-10-25(17-29(32)35)31(32,4)5)20-30(36)33(19-28-23(3)12-15-41-28)14-11-24-8-9-26(39-6)27(16-24)40-7/h8-9,12,15-16,22,25H,10-11,13-14,17-21H2,1-7H3. The topological polar surface area (TPSA) is 93.2 Å². The average molecular weight is 619 g/mol. The second kappa shape index (κ2) is 12.7. The molecule has 2 fully saturated rings. The fourth-order valence-corrected chi connectivity index (χ4v) is 10.0. The number of ether oxygens (including phenoxy) is 2. The first-order valence-electron chi connectivity index (χ1n) is 14.8. The molecule has 1 aromatic heterocycles. The molecule has 0 N–H and O–H groups in total. The van der Waals surface area contributed by atoms with Crippen molar-refractivity contribution in [3.8, 4) is 11.5 Å². The molecule has 0 spiro atoms. The maximum Gasteiger partial charge on any atom is 0.238 e. The highest BCUT2D eigenvalue weighted by Crippen LogP contribution is 2.64. The van der Waals surface area contributed by atoms with E-state index in [1.807, 2.05) is 64.3 Å². The normalized spacial score (nSPS) is 21.4. The maximum atomic E-state index is 14.1. The van der Waals surface area contributed by atoms with Crippen LogP contribution in [0.3, 0.4) is 0 Å². The minimum Gasteiger partial charge on any atom is -0.493 e. The number of Topliss-reactive ketones (excluding diaryl/α,β-unsaturated/α-hetero) is 1. The van der Waals surface area contributed by atoms with Gasteiger partial charge >= 0.3 is 0 Å². The van der Waals surface area contributed by atoms with Crippen molar-refractivity contribution in [2.24, 2.45) is 22.7 Å². The van der Waals surface area contributed by atoms with Gasteiger partial charge in [-0.2, -0.15) is 4.31 Å². The molecule has 4 rings (SSSR count). The Kier molecular flexibility index (Phi) is 9.79. The third kappa shape index (κ3) is 6.40. The molecule has 2 aliphatic rings. The number of hydrogen-bond acceptors (Lipinski definition) is 7. The van der Waals surface area contributed by atoms with Gasteiger partial charge in [-0.05, 0) is 78.1 Å². The summed E-state index contributed by atoms with van der Waals surface area (Å²) in [5.74, 6) is 1.09. The van der Waals surface area contributed by atoms with E-state index < -0.39 is 15.4 Å². The summed E-state index contributed by atoms with van der Waals surface area (Å²) in [5, 5.41) is 2.01. The number of rotatable bonds is 14. The Bertz CT molecular complexity index is 1400. The van der Waals surface area contributed by atoms with Gasteiger partial charge in [0.1, 0.15) is 5.78 Å². The minimum atomic E-state index is -3.89. The molecule has 2 bridgehead atoms. The Hall–Kier alpha value is -2.43. The average Bonchev–Trinajstić information content (AvgIpc) is 3.50. The van der Waals surface area contributed by atoms with E-state index in [9.17, 15) is 18.0 Å². The van der Waals surface area contributed by atoms with E-state index in [1.165, 1.54) is 4.31 Å². The molecule has 0 saturated heterocycles. The van der Waals surface area contributed by atoms with Crippen molar-refractivity contribution in [1.29, 1.82) is 0 Å². The smallest absolute Gasteiger partial charge is 0.238 e. The van der Waals surface area contributed by atoms with Crippen molar-refractivity contribution in [1.82, 2.24) is 9.21 Å². The van der Waals surface area contributed by atoms with Crippen molar-refractivity contribution < 1.29 is 27.5 Å². The van der Waals surface area contributed by atoms with Gasteiger partial charge in [-0.25, -0.2) is 8.42 Å². The first-order valence-corrected chi connectivity index (χ1v) is 17.3. The van der Waals surface area contributed by atoms with E-state index in [0.717, 1.165) is 22.4 Å². The van der Waals surface area contributed by atoms with Gasteiger partial charge in [-0.3, -0.25) is 9.59 Å². The monoisotopic (exact) mass is 618 g/mol. The highest BCUT2D eigenvalue weighted by atomic mass is 32.2. The van der Waals surface area contributed by atoms with Crippen LogP contribution in [0, 0.1) is 29.6 Å². The van der Waals surface area contributed by atoms with Crippen molar-refractivity contribution >= 4 is 33.1 Å². The van der Waals surface area contributed by atoms with Crippen LogP contribution in [0.1, 0.15) is 63.0 Å². The van der Waals surface area contributed by atoms with Gasteiger partial charge in [0, 0.05) is 29.8 Å². The summed E-state index contributed by atoms with van der Waals surface area (Å²) in [4.78, 5) is 30.0. The van der Waals surface area contributed by atoms with E-state index in [2.05, 4.69) is 0 Å². The Morgan fingerprint density at radius 2 is 1.86 bits per heavy atom. The van der Waals surface area contributed by atoms with Crippen molar-refractivity contribution in [3.05, 3.63) is 45.6 Å². The lowest BCUT2D eigenvalue weighted by atomic mass is 9.70. The van der Waals surface area contributed by atoms with Crippen molar-refractivity contribution in [2.75, 3.05) is 39.6 Å². The van der Waals surface area contributed by atoms with Gasteiger partial charge in [0.05, 0.1) is 33.1 Å². The molecule has 2 aliphatic carbocycles. The summed E-state index contributed by atoms with van der Waals surface area (Å²) >= 11 is 1.59. The second-order valence-corrected chi connectivity index (χ2v) is 15.9. The van der Waals surface area contributed by atoms with Crippen LogP contribution in [-0.4, -0.2) is 68.9 Å². The minimum absolute atomic E-state index is 0.0217.